The Morgan fingerprint density at radius 3 is 2.92 bits per heavy atom. The van der Waals surface area contributed by atoms with E-state index >= 15 is 0 Å². The van der Waals surface area contributed by atoms with E-state index in [0.29, 0.717) is 16.3 Å². The molecular formula is C17H14ClFN4O2. The second-order valence-corrected chi connectivity index (χ2v) is 5.94. The lowest BCUT2D eigenvalue weighted by Gasteiger charge is -2.15. The third-order valence-corrected chi connectivity index (χ3v) is 4.07. The predicted molar refractivity (Wildman–Crippen MR) is 91.8 cm³/mol. The maximum absolute atomic E-state index is 13.5. The van der Waals surface area contributed by atoms with Crippen molar-refractivity contribution in [1.29, 1.82) is 0 Å². The molecule has 0 radical (unpaired) electrons. The summed E-state index contributed by atoms with van der Waals surface area (Å²) in [6, 6.07) is 5.45. The molecule has 0 unspecified atom stereocenters. The number of benzene rings is 1. The summed E-state index contributed by atoms with van der Waals surface area (Å²) in [5.41, 5.74) is 0.195. The van der Waals surface area contributed by atoms with Crippen molar-refractivity contribution >= 4 is 28.3 Å². The topological polar surface area (TPSA) is 76.9 Å². The van der Waals surface area contributed by atoms with Gasteiger partial charge in [0.15, 0.2) is 0 Å². The number of carbonyl (C=O) groups is 1. The Balaban J connectivity index is 1.75. The normalized spacial score (nSPS) is 12.1. The molecule has 2 aromatic heterocycles. The highest BCUT2D eigenvalue weighted by Crippen LogP contribution is 2.20. The Bertz CT molecular complexity index is 1010. The molecular weight excluding hydrogens is 347 g/mol. The van der Waals surface area contributed by atoms with Gasteiger partial charge in [0.2, 0.25) is 5.91 Å². The number of hydrogen-bond acceptors (Lipinski definition) is 4. The van der Waals surface area contributed by atoms with Crippen molar-refractivity contribution in [2.45, 2.75) is 19.5 Å². The fourth-order valence-corrected chi connectivity index (χ4v) is 2.55. The summed E-state index contributed by atoms with van der Waals surface area (Å²) < 4.78 is 14.6. The average Bonchev–Trinajstić information content (AvgIpc) is 2.60. The summed E-state index contributed by atoms with van der Waals surface area (Å²) in [6.07, 6.45) is 4.52. The number of halogens is 2. The van der Waals surface area contributed by atoms with E-state index in [2.05, 4.69) is 15.4 Å². The lowest BCUT2D eigenvalue weighted by Crippen LogP contribution is -2.35. The van der Waals surface area contributed by atoms with Crippen molar-refractivity contribution in [3.05, 3.63) is 69.6 Å². The highest BCUT2D eigenvalue weighted by molar-refractivity contribution is 6.30. The molecule has 128 valence electrons. The number of nitrogens with one attached hydrogen (secondary N) is 1. The maximum Gasteiger partial charge on any atom is 0.275 e. The van der Waals surface area contributed by atoms with Gasteiger partial charge >= 0.3 is 0 Å². The SMILES string of the molecule is C[C@H](NC(=O)Cn1ncc2cnccc2c1=O)c1ccc(Cl)c(F)c1. The monoisotopic (exact) mass is 360 g/mol. The van der Waals surface area contributed by atoms with Gasteiger partial charge < -0.3 is 5.32 Å². The number of hydrogen-bond donors (Lipinski definition) is 1. The van der Waals surface area contributed by atoms with E-state index in [1.807, 2.05) is 0 Å². The predicted octanol–water partition coefficient (Wildman–Crippen LogP) is 2.46. The molecule has 25 heavy (non-hydrogen) atoms. The Morgan fingerprint density at radius 2 is 2.16 bits per heavy atom. The number of pyridine rings is 1. The molecule has 3 rings (SSSR count). The average molecular weight is 361 g/mol. The van der Waals surface area contributed by atoms with Crippen LogP contribution >= 0.6 is 11.6 Å². The summed E-state index contributed by atoms with van der Waals surface area (Å²) in [7, 11) is 0. The van der Waals surface area contributed by atoms with Crippen molar-refractivity contribution in [3.63, 3.8) is 0 Å². The Hall–Kier alpha value is -2.80. The van der Waals surface area contributed by atoms with Gasteiger partial charge in [0.1, 0.15) is 12.4 Å². The Kier molecular flexibility index (Phi) is 4.76. The van der Waals surface area contributed by atoms with Gasteiger partial charge in [-0.2, -0.15) is 5.10 Å². The summed E-state index contributed by atoms with van der Waals surface area (Å²) in [5.74, 6) is -0.966. The molecule has 0 bridgehead atoms. The van der Waals surface area contributed by atoms with Gasteiger partial charge in [-0.05, 0) is 30.7 Å². The van der Waals surface area contributed by atoms with Crippen molar-refractivity contribution in [2.75, 3.05) is 0 Å². The molecule has 0 aliphatic heterocycles. The zero-order valence-corrected chi connectivity index (χ0v) is 14.0. The smallest absolute Gasteiger partial charge is 0.275 e. The van der Waals surface area contributed by atoms with E-state index in [0.717, 1.165) is 4.68 Å². The van der Waals surface area contributed by atoms with Crippen LogP contribution < -0.4 is 10.9 Å². The molecule has 1 amide bonds. The lowest BCUT2D eigenvalue weighted by molar-refractivity contribution is -0.122. The van der Waals surface area contributed by atoms with Crippen LogP contribution in [0.2, 0.25) is 5.02 Å². The van der Waals surface area contributed by atoms with E-state index in [4.69, 9.17) is 11.6 Å². The number of fused-ring (bicyclic) bond motifs is 1. The standard InChI is InChI=1S/C17H14ClFN4O2/c1-10(11-2-3-14(18)15(19)6-11)22-16(24)9-23-17(25)13-4-5-20-7-12(13)8-21-23/h2-8,10H,9H2,1H3,(H,22,24)/t10-/m0/s1. The van der Waals surface area contributed by atoms with Crippen molar-refractivity contribution < 1.29 is 9.18 Å². The van der Waals surface area contributed by atoms with Gasteiger partial charge in [-0.15, -0.1) is 0 Å². The summed E-state index contributed by atoms with van der Waals surface area (Å²) in [4.78, 5) is 28.4. The van der Waals surface area contributed by atoms with Gasteiger partial charge in [-0.25, -0.2) is 9.07 Å². The zero-order chi connectivity index (χ0) is 18.0. The Morgan fingerprint density at radius 1 is 1.36 bits per heavy atom. The number of carbonyl (C=O) groups excluding carboxylic acids is 1. The van der Waals surface area contributed by atoms with Gasteiger partial charge in [0.05, 0.1) is 22.6 Å². The molecule has 0 saturated carbocycles. The molecule has 1 atom stereocenters. The first-order valence-corrected chi connectivity index (χ1v) is 7.87. The molecule has 0 spiro atoms. The van der Waals surface area contributed by atoms with Gasteiger partial charge in [0.25, 0.3) is 5.56 Å². The van der Waals surface area contributed by atoms with Gasteiger partial charge in [-0.1, -0.05) is 17.7 Å². The highest BCUT2D eigenvalue weighted by atomic mass is 35.5. The van der Waals surface area contributed by atoms with Crippen molar-refractivity contribution in [2.24, 2.45) is 0 Å². The van der Waals surface area contributed by atoms with Gasteiger partial charge in [-0.3, -0.25) is 14.6 Å². The van der Waals surface area contributed by atoms with E-state index in [1.54, 1.807) is 19.1 Å². The molecule has 1 N–H and O–H groups in total. The van der Waals surface area contributed by atoms with Crippen LogP contribution in [0.15, 0.2) is 47.7 Å². The molecule has 0 aliphatic rings. The molecule has 1 aromatic carbocycles. The molecule has 2 heterocycles. The van der Waals surface area contributed by atoms with Crippen LogP contribution in [-0.4, -0.2) is 20.7 Å². The summed E-state index contributed by atoms with van der Waals surface area (Å²) >= 11 is 5.65. The third kappa shape index (κ3) is 3.66. The molecule has 0 fully saturated rings. The second kappa shape index (κ2) is 6.98. The zero-order valence-electron chi connectivity index (χ0n) is 13.2. The fraction of sp³-hybridized carbons (Fsp3) is 0.176. The van der Waals surface area contributed by atoms with Crippen LogP contribution in [0.5, 0.6) is 0 Å². The van der Waals surface area contributed by atoms with Crippen molar-refractivity contribution in [3.8, 4) is 0 Å². The van der Waals surface area contributed by atoms with Crippen LogP contribution in [0.25, 0.3) is 10.8 Å². The fourth-order valence-electron chi connectivity index (χ4n) is 2.43. The summed E-state index contributed by atoms with van der Waals surface area (Å²) in [5, 5.41) is 7.74. The number of aromatic nitrogens is 3. The second-order valence-electron chi connectivity index (χ2n) is 5.53. The summed E-state index contributed by atoms with van der Waals surface area (Å²) in [6.45, 7) is 1.47. The minimum absolute atomic E-state index is 0.0173. The van der Waals surface area contributed by atoms with Crippen LogP contribution in [0.4, 0.5) is 4.39 Å². The van der Waals surface area contributed by atoms with E-state index < -0.39 is 17.8 Å². The van der Waals surface area contributed by atoms with E-state index in [-0.39, 0.29) is 17.1 Å². The van der Waals surface area contributed by atoms with Gasteiger partial charge in [0, 0.05) is 17.8 Å². The first-order valence-electron chi connectivity index (χ1n) is 7.50. The van der Waals surface area contributed by atoms with Crippen LogP contribution in [-0.2, 0) is 11.3 Å². The molecule has 6 nitrogen and oxygen atoms in total. The quantitative estimate of drug-likeness (QED) is 0.775. The van der Waals surface area contributed by atoms with Crippen LogP contribution in [0, 0.1) is 5.82 Å². The molecule has 8 heteroatoms. The minimum atomic E-state index is -0.554. The molecule has 0 saturated heterocycles. The third-order valence-electron chi connectivity index (χ3n) is 3.77. The maximum atomic E-state index is 13.5. The van der Waals surface area contributed by atoms with E-state index in [9.17, 15) is 14.0 Å². The lowest BCUT2D eigenvalue weighted by atomic mass is 10.1. The molecule has 3 aromatic rings. The first-order chi connectivity index (χ1) is 12.0. The largest absolute Gasteiger partial charge is 0.348 e. The number of nitrogens with zero attached hydrogens (tertiary/aromatic N) is 3. The number of rotatable bonds is 4. The van der Waals surface area contributed by atoms with Crippen molar-refractivity contribution in [1.82, 2.24) is 20.1 Å². The first kappa shape index (κ1) is 17.0. The van der Waals surface area contributed by atoms with Crippen LogP contribution in [0.3, 0.4) is 0 Å². The number of amides is 1. The Labute approximate surface area is 147 Å². The van der Waals surface area contributed by atoms with E-state index in [1.165, 1.54) is 30.7 Å². The van der Waals surface area contributed by atoms with Crippen LogP contribution in [0.1, 0.15) is 18.5 Å². The molecule has 0 aliphatic carbocycles. The minimum Gasteiger partial charge on any atom is -0.348 e. The highest BCUT2D eigenvalue weighted by Gasteiger charge is 2.13.